The largest absolute Gasteiger partial charge is 0.497 e. The van der Waals surface area contributed by atoms with Gasteiger partial charge < -0.3 is 9.31 Å². The molecule has 0 aliphatic carbocycles. The molecule has 104 valence electrons. The molecule has 0 bridgehead atoms. The Hall–Kier alpha value is -1.46. The van der Waals surface area contributed by atoms with Gasteiger partial charge >= 0.3 is 7.12 Å². The van der Waals surface area contributed by atoms with Crippen LogP contribution >= 0.6 is 0 Å². The summed E-state index contributed by atoms with van der Waals surface area (Å²) >= 11 is 0. The molecule has 0 saturated carbocycles. The molecule has 5 heteroatoms. The van der Waals surface area contributed by atoms with Gasteiger partial charge in [0.1, 0.15) is 5.82 Å². The first-order valence-electron chi connectivity index (χ1n) is 6.70. The zero-order valence-electron chi connectivity index (χ0n) is 12.1. The summed E-state index contributed by atoms with van der Waals surface area (Å²) in [5.74, 6) is -0.310. The van der Waals surface area contributed by atoms with Crippen molar-refractivity contribution in [2.75, 3.05) is 0 Å². The van der Waals surface area contributed by atoms with Crippen molar-refractivity contribution in [3.8, 4) is 0 Å². The first-order chi connectivity index (χ1) is 9.30. The number of aromatic nitrogens is 1. The first kappa shape index (κ1) is 13.5. The minimum atomic E-state index is -0.604. The van der Waals surface area contributed by atoms with Gasteiger partial charge in [0.2, 0.25) is 0 Å². The fourth-order valence-electron chi connectivity index (χ4n) is 2.33. The van der Waals surface area contributed by atoms with Gasteiger partial charge in [0.25, 0.3) is 0 Å². The van der Waals surface area contributed by atoms with Crippen LogP contribution in [0.5, 0.6) is 0 Å². The lowest BCUT2D eigenvalue weighted by Crippen LogP contribution is -2.41. The van der Waals surface area contributed by atoms with Crippen molar-refractivity contribution in [1.82, 2.24) is 4.98 Å². The van der Waals surface area contributed by atoms with Gasteiger partial charge in [-0.05, 0) is 45.9 Å². The Morgan fingerprint density at radius 2 is 1.75 bits per heavy atom. The second-order valence-corrected chi connectivity index (χ2v) is 6.16. The monoisotopic (exact) mass is 273 g/mol. The quantitative estimate of drug-likeness (QED) is 0.748. The molecule has 0 radical (unpaired) electrons. The summed E-state index contributed by atoms with van der Waals surface area (Å²) in [6.07, 6.45) is 1.69. The fraction of sp³-hybridized carbons (Fsp3) is 0.400. The van der Waals surface area contributed by atoms with E-state index in [1.165, 1.54) is 12.1 Å². The Balaban J connectivity index is 2.12. The van der Waals surface area contributed by atoms with E-state index in [-0.39, 0.29) is 5.82 Å². The molecule has 20 heavy (non-hydrogen) atoms. The molecule has 0 spiro atoms. The number of nitrogens with zero attached hydrogens (tertiary/aromatic N) is 1. The number of halogens is 1. The fourth-order valence-corrected chi connectivity index (χ4v) is 2.33. The van der Waals surface area contributed by atoms with E-state index in [9.17, 15) is 4.39 Å². The van der Waals surface area contributed by atoms with E-state index in [0.717, 1.165) is 5.39 Å². The third-order valence-electron chi connectivity index (χ3n) is 4.21. The molecule has 1 aliphatic heterocycles. The van der Waals surface area contributed by atoms with Crippen molar-refractivity contribution in [3.63, 3.8) is 0 Å². The Labute approximate surface area is 118 Å². The lowest BCUT2D eigenvalue weighted by atomic mass is 9.77. The van der Waals surface area contributed by atoms with Crippen LogP contribution in [-0.4, -0.2) is 23.3 Å². The molecule has 0 amide bonds. The molecule has 1 fully saturated rings. The third-order valence-corrected chi connectivity index (χ3v) is 4.21. The smallest absolute Gasteiger partial charge is 0.399 e. The van der Waals surface area contributed by atoms with Gasteiger partial charge in [-0.3, -0.25) is 4.98 Å². The molecule has 1 aliphatic rings. The molecule has 1 saturated heterocycles. The maximum atomic E-state index is 13.8. The molecule has 1 aromatic carbocycles. The van der Waals surface area contributed by atoms with Crippen molar-refractivity contribution >= 4 is 23.5 Å². The van der Waals surface area contributed by atoms with Crippen LogP contribution in [0.2, 0.25) is 0 Å². The average Bonchev–Trinajstić information content (AvgIpc) is 2.57. The average molecular weight is 273 g/mol. The summed E-state index contributed by atoms with van der Waals surface area (Å²) in [5.41, 5.74) is 0.447. The normalized spacial score (nSPS) is 20.6. The Morgan fingerprint density at radius 1 is 1.10 bits per heavy atom. The van der Waals surface area contributed by atoms with Gasteiger partial charge in [0.05, 0.1) is 16.7 Å². The highest BCUT2D eigenvalue weighted by Crippen LogP contribution is 2.36. The molecule has 1 aromatic heterocycles. The molecule has 2 heterocycles. The van der Waals surface area contributed by atoms with Gasteiger partial charge in [-0.1, -0.05) is 6.07 Å². The van der Waals surface area contributed by atoms with E-state index in [0.29, 0.717) is 11.0 Å². The minimum Gasteiger partial charge on any atom is -0.399 e. The Bertz CT molecular complexity index is 656. The van der Waals surface area contributed by atoms with Crippen molar-refractivity contribution in [3.05, 3.63) is 36.3 Å². The predicted octanol–water partition coefficient (Wildman–Crippen LogP) is 2.67. The van der Waals surface area contributed by atoms with Crippen molar-refractivity contribution in [2.24, 2.45) is 0 Å². The standard InChI is InChI=1S/C15H17BFNO2/c1-14(2)15(3,4)20-16(19-14)12-9-11(17)8-10-6-5-7-18-13(10)12/h5-9H,1-4H3. The second-order valence-electron chi connectivity index (χ2n) is 6.16. The van der Waals surface area contributed by atoms with Gasteiger partial charge in [0, 0.05) is 17.0 Å². The van der Waals surface area contributed by atoms with E-state index >= 15 is 0 Å². The molecule has 0 atom stereocenters. The first-order valence-corrected chi connectivity index (χ1v) is 6.70. The van der Waals surface area contributed by atoms with Crippen LogP contribution in [0.25, 0.3) is 10.9 Å². The molecule has 0 N–H and O–H groups in total. The van der Waals surface area contributed by atoms with Crippen LogP contribution in [0.4, 0.5) is 4.39 Å². The predicted molar refractivity (Wildman–Crippen MR) is 77.4 cm³/mol. The highest BCUT2D eigenvalue weighted by atomic mass is 19.1. The zero-order chi connectivity index (χ0) is 14.5. The van der Waals surface area contributed by atoms with E-state index in [4.69, 9.17) is 9.31 Å². The SMILES string of the molecule is CC1(C)OB(c2cc(F)cc3cccnc23)OC1(C)C. The van der Waals surface area contributed by atoms with E-state index in [2.05, 4.69) is 4.98 Å². The summed E-state index contributed by atoms with van der Waals surface area (Å²) in [6.45, 7) is 7.90. The van der Waals surface area contributed by atoms with E-state index in [1.807, 2.05) is 33.8 Å². The minimum absolute atomic E-state index is 0.310. The van der Waals surface area contributed by atoms with Crippen LogP contribution in [0.1, 0.15) is 27.7 Å². The van der Waals surface area contributed by atoms with E-state index in [1.54, 1.807) is 12.3 Å². The second kappa shape index (κ2) is 4.27. The van der Waals surface area contributed by atoms with Crippen molar-refractivity contribution in [1.29, 1.82) is 0 Å². The number of hydrogen-bond acceptors (Lipinski definition) is 3. The molecule has 0 unspecified atom stereocenters. The number of hydrogen-bond donors (Lipinski definition) is 0. The molecular weight excluding hydrogens is 256 g/mol. The van der Waals surface area contributed by atoms with Crippen molar-refractivity contribution in [2.45, 2.75) is 38.9 Å². The summed E-state index contributed by atoms with van der Waals surface area (Å²) in [4.78, 5) is 4.34. The third kappa shape index (κ3) is 2.01. The van der Waals surface area contributed by atoms with Gasteiger partial charge in [0.15, 0.2) is 0 Å². The maximum absolute atomic E-state index is 13.8. The molecule has 3 rings (SSSR count). The zero-order valence-corrected chi connectivity index (χ0v) is 12.1. The van der Waals surface area contributed by atoms with Crippen molar-refractivity contribution < 1.29 is 13.7 Å². The Kier molecular flexibility index (Phi) is 2.89. The highest BCUT2D eigenvalue weighted by molar-refractivity contribution is 6.64. The number of rotatable bonds is 1. The van der Waals surface area contributed by atoms with Crippen LogP contribution in [0.3, 0.4) is 0 Å². The Morgan fingerprint density at radius 3 is 2.40 bits per heavy atom. The molecule has 3 nitrogen and oxygen atoms in total. The topological polar surface area (TPSA) is 31.4 Å². The van der Waals surface area contributed by atoms with Crippen LogP contribution in [-0.2, 0) is 9.31 Å². The summed E-state index contributed by atoms with van der Waals surface area (Å²) < 4.78 is 25.8. The molecule has 2 aromatic rings. The highest BCUT2D eigenvalue weighted by Gasteiger charge is 2.52. The number of benzene rings is 1. The lowest BCUT2D eigenvalue weighted by molar-refractivity contribution is 0.00578. The summed E-state index contributed by atoms with van der Waals surface area (Å²) in [6, 6.07) is 6.53. The maximum Gasteiger partial charge on any atom is 0.497 e. The lowest BCUT2D eigenvalue weighted by Gasteiger charge is -2.32. The van der Waals surface area contributed by atoms with Crippen LogP contribution in [0.15, 0.2) is 30.5 Å². The number of pyridine rings is 1. The van der Waals surface area contributed by atoms with Crippen LogP contribution in [0, 0.1) is 5.82 Å². The van der Waals surface area contributed by atoms with Gasteiger partial charge in [-0.2, -0.15) is 0 Å². The summed E-state index contributed by atoms with van der Waals surface area (Å²) in [7, 11) is -0.604. The van der Waals surface area contributed by atoms with Gasteiger partial charge in [-0.25, -0.2) is 4.39 Å². The van der Waals surface area contributed by atoms with E-state index < -0.39 is 18.3 Å². The molecular formula is C15H17BFNO2. The number of fused-ring (bicyclic) bond motifs is 1. The summed E-state index contributed by atoms with van der Waals surface area (Å²) in [5, 5.41) is 0.747. The van der Waals surface area contributed by atoms with Crippen LogP contribution < -0.4 is 5.46 Å². The van der Waals surface area contributed by atoms with Gasteiger partial charge in [-0.15, -0.1) is 0 Å².